The fourth-order valence-electron chi connectivity index (χ4n) is 5.60. The lowest BCUT2D eigenvalue weighted by Gasteiger charge is -2.39. The number of benzene rings is 1. The molecule has 2 fully saturated rings. The van der Waals surface area contributed by atoms with E-state index in [-0.39, 0.29) is 23.6 Å². The summed E-state index contributed by atoms with van der Waals surface area (Å²) in [5.74, 6) is 0.267. The predicted octanol–water partition coefficient (Wildman–Crippen LogP) is 5.09. The van der Waals surface area contributed by atoms with Crippen molar-refractivity contribution in [1.29, 1.82) is 0 Å². The van der Waals surface area contributed by atoms with Crippen LogP contribution in [0.3, 0.4) is 0 Å². The number of halogens is 3. The Morgan fingerprint density at radius 1 is 1.08 bits per heavy atom. The first-order chi connectivity index (χ1) is 18.6. The highest BCUT2D eigenvalue weighted by Crippen LogP contribution is 2.34. The van der Waals surface area contributed by atoms with Gasteiger partial charge in [-0.1, -0.05) is 18.2 Å². The van der Waals surface area contributed by atoms with Crippen LogP contribution in [0, 0.1) is 19.7 Å². The molecule has 1 aromatic carbocycles. The number of carbonyl (C=O) groups excluding carboxylic acids is 1. The number of aryl methyl sites for hydroxylation is 2. The zero-order chi connectivity index (χ0) is 27.8. The van der Waals surface area contributed by atoms with Crippen molar-refractivity contribution in [1.82, 2.24) is 30.1 Å². The van der Waals surface area contributed by atoms with Gasteiger partial charge in [0.1, 0.15) is 17.5 Å². The smallest absolute Gasteiger partial charge is 0.317 e. The Kier molecular flexibility index (Phi) is 7.61. The number of nitrogens with zero attached hydrogens (tertiary/aromatic N) is 5. The van der Waals surface area contributed by atoms with E-state index in [2.05, 4.69) is 25.5 Å². The molecule has 2 saturated heterocycles. The lowest BCUT2D eigenvalue weighted by Crippen LogP contribution is -2.60. The topological polar surface area (TPSA) is 86.3 Å². The molecule has 2 aliphatic rings. The maximum absolute atomic E-state index is 14.8. The van der Waals surface area contributed by atoms with E-state index in [0.29, 0.717) is 35.8 Å². The SMILES string of the molecule is Cc1nc(N[C@H](C)c2cccc(C(F)F)c2F)c2cc(C3CCN(C(=O)NC4CN(C)C4)CC3)c(C)nc2n1. The molecule has 8 nitrogen and oxygen atoms in total. The average molecular weight is 542 g/mol. The molecule has 5 rings (SSSR count). The minimum atomic E-state index is -2.90. The quantitative estimate of drug-likeness (QED) is 0.452. The lowest BCUT2D eigenvalue weighted by molar-refractivity contribution is 0.139. The van der Waals surface area contributed by atoms with Crippen LogP contribution in [0.4, 0.5) is 23.8 Å². The third-order valence-electron chi connectivity index (χ3n) is 7.76. The number of rotatable bonds is 6. The van der Waals surface area contributed by atoms with Crippen molar-refractivity contribution in [3.05, 3.63) is 58.3 Å². The Balaban J connectivity index is 1.36. The summed E-state index contributed by atoms with van der Waals surface area (Å²) in [6, 6.07) is 5.65. The van der Waals surface area contributed by atoms with E-state index in [1.807, 2.05) is 24.9 Å². The summed E-state index contributed by atoms with van der Waals surface area (Å²) in [6.07, 6.45) is -1.28. The molecule has 0 bridgehead atoms. The molecule has 4 heterocycles. The highest BCUT2D eigenvalue weighted by atomic mass is 19.3. The molecule has 39 heavy (non-hydrogen) atoms. The van der Waals surface area contributed by atoms with Crippen molar-refractivity contribution in [2.45, 2.75) is 58.0 Å². The second-order valence-corrected chi connectivity index (χ2v) is 10.7. The van der Waals surface area contributed by atoms with Crippen LogP contribution >= 0.6 is 0 Å². The first-order valence-electron chi connectivity index (χ1n) is 13.3. The Hall–Kier alpha value is -3.47. The molecular weight excluding hydrogens is 507 g/mol. The van der Waals surface area contributed by atoms with E-state index in [0.717, 1.165) is 43.3 Å². The van der Waals surface area contributed by atoms with Gasteiger partial charge in [-0.25, -0.2) is 32.9 Å². The Morgan fingerprint density at radius 2 is 1.77 bits per heavy atom. The molecule has 0 radical (unpaired) electrons. The number of carbonyl (C=O) groups is 1. The Labute approximate surface area is 226 Å². The van der Waals surface area contributed by atoms with Crippen LogP contribution in [0.1, 0.15) is 66.4 Å². The molecule has 0 spiro atoms. The van der Waals surface area contributed by atoms with Gasteiger partial charge in [0.15, 0.2) is 5.65 Å². The Morgan fingerprint density at radius 3 is 2.44 bits per heavy atom. The maximum atomic E-state index is 14.8. The van der Waals surface area contributed by atoms with Gasteiger partial charge in [-0.3, -0.25) is 0 Å². The second-order valence-electron chi connectivity index (χ2n) is 10.7. The fourth-order valence-corrected chi connectivity index (χ4v) is 5.60. The van der Waals surface area contributed by atoms with Gasteiger partial charge in [0.2, 0.25) is 0 Å². The molecule has 0 saturated carbocycles. The summed E-state index contributed by atoms with van der Waals surface area (Å²) in [7, 11) is 2.03. The number of hydrogen-bond acceptors (Lipinski definition) is 6. The number of hydrogen-bond donors (Lipinski definition) is 2. The molecule has 2 aromatic heterocycles. The van der Waals surface area contributed by atoms with E-state index in [1.165, 1.54) is 12.1 Å². The number of fused-ring (bicyclic) bond motifs is 1. The largest absolute Gasteiger partial charge is 0.363 e. The normalized spacial score (nSPS) is 17.9. The van der Waals surface area contributed by atoms with E-state index < -0.39 is 23.8 Å². The molecule has 2 aliphatic heterocycles. The van der Waals surface area contributed by atoms with E-state index >= 15 is 0 Å². The second kappa shape index (κ2) is 11.0. The van der Waals surface area contributed by atoms with Crippen molar-refractivity contribution in [2.75, 3.05) is 38.5 Å². The third kappa shape index (κ3) is 5.63. The zero-order valence-corrected chi connectivity index (χ0v) is 22.6. The first-order valence-corrected chi connectivity index (χ1v) is 13.3. The summed E-state index contributed by atoms with van der Waals surface area (Å²) in [6.45, 7) is 8.49. The van der Waals surface area contributed by atoms with Crippen LogP contribution < -0.4 is 10.6 Å². The molecule has 208 valence electrons. The van der Waals surface area contributed by atoms with Crippen LogP contribution in [0.5, 0.6) is 0 Å². The fraction of sp³-hybridized carbons (Fsp3) is 0.500. The molecule has 3 aromatic rings. The van der Waals surface area contributed by atoms with Crippen molar-refractivity contribution in [3.8, 4) is 0 Å². The lowest BCUT2D eigenvalue weighted by atomic mass is 9.88. The number of likely N-dealkylation sites (tertiary alicyclic amines) is 2. The number of alkyl halides is 2. The number of piperidine rings is 1. The maximum Gasteiger partial charge on any atom is 0.317 e. The van der Waals surface area contributed by atoms with Crippen LogP contribution in [0.15, 0.2) is 24.3 Å². The first kappa shape index (κ1) is 27.1. The van der Waals surface area contributed by atoms with Gasteiger partial charge in [-0.15, -0.1) is 0 Å². The minimum Gasteiger partial charge on any atom is -0.363 e. The number of amides is 2. The number of nitrogens with one attached hydrogen (secondary N) is 2. The van der Waals surface area contributed by atoms with Gasteiger partial charge in [0.25, 0.3) is 6.43 Å². The predicted molar refractivity (Wildman–Crippen MR) is 144 cm³/mol. The van der Waals surface area contributed by atoms with E-state index in [4.69, 9.17) is 4.98 Å². The highest BCUT2D eigenvalue weighted by Gasteiger charge is 2.30. The van der Waals surface area contributed by atoms with Gasteiger partial charge >= 0.3 is 6.03 Å². The third-order valence-corrected chi connectivity index (χ3v) is 7.76. The standard InChI is InChI=1S/C28H34F3N7O/c1-15(20-6-5-7-21(24(20)29)25(30)31)32-26-23-12-22(16(2)33-27(23)35-17(3)34-26)18-8-10-38(11-9-18)28(39)36-19-13-37(4)14-19/h5-7,12,15,18-19,25H,8-11,13-14H2,1-4H3,(H,36,39)(H,32,33,34,35)/t15-/m1/s1. The van der Waals surface area contributed by atoms with Gasteiger partial charge < -0.3 is 20.4 Å². The summed E-state index contributed by atoms with van der Waals surface area (Å²) in [4.78, 5) is 30.5. The van der Waals surface area contributed by atoms with Gasteiger partial charge in [0.05, 0.1) is 23.0 Å². The van der Waals surface area contributed by atoms with Gasteiger partial charge in [-0.2, -0.15) is 0 Å². The Bertz CT molecular complexity index is 1370. The monoisotopic (exact) mass is 541 g/mol. The number of urea groups is 1. The number of aromatic nitrogens is 3. The summed E-state index contributed by atoms with van der Waals surface area (Å²) >= 11 is 0. The van der Waals surface area contributed by atoms with Crippen LogP contribution in [0.25, 0.3) is 11.0 Å². The molecule has 2 amide bonds. The average Bonchev–Trinajstić information content (AvgIpc) is 2.87. The van der Waals surface area contributed by atoms with E-state index in [1.54, 1.807) is 13.8 Å². The highest BCUT2D eigenvalue weighted by molar-refractivity contribution is 5.87. The van der Waals surface area contributed by atoms with Gasteiger partial charge in [-0.05, 0) is 58.2 Å². The summed E-state index contributed by atoms with van der Waals surface area (Å²) in [5.41, 5.74) is 1.97. The van der Waals surface area contributed by atoms with Gasteiger partial charge in [0, 0.05) is 37.4 Å². The van der Waals surface area contributed by atoms with Crippen LogP contribution in [0.2, 0.25) is 0 Å². The van der Waals surface area contributed by atoms with Crippen molar-refractivity contribution >= 4 is 22.9 Å². The molecule has 0 unspecified atom stereocenters. The number of anilines is 1. The van der Waals surface area contributed by atoms with E-state index in [9.17, 15) is 18.0 Å². The molecular formula is C28H34F3N7O. The van der Waals surface area contributed by atoms with Crippen molar-refractivity contribution in [3.63, 3.8) is 0 Å². The summed E-state index contributed by atoms with van der Waals surface area (Å²) < 4.78 is 41.3. The minimum absolute atomic E-state index is 0.00704. The number of pyridine rings is 1. The molecule has 2 N–H and O–H groups in total. The molecule has 11 heteroatoms. The molecule has 0 aliphatic carbocycles. The summed E-state index contributed by atoms with van der Waals surface area (Å²) in [5, 5.41) is 7.00. The van der Waals surface area contributed by atoms with Crippen molar-refractivity contribution in [2.24, 2.45) is 0 Å². The van der Waals surface area contributed by atoms with Crippen LogP contribution in [-0.4, -0.2) is 70.1 Å². The van der Waals surface area contributed by atoms with Crippen molar-refractivity contribution < 1.29 is 18.0 Å². The zero-order valence-electron chi connectivity index (χ0n) is 22.6. The van der Waals surface area contributed by atoms with Crippen LogP contribution in [-0.2, 0) is 0 Å². The molecule has 1 atom stereocenters. The number of likely N-dealkylation sites (N-methyl/N-ethyl adjacent to an activating group) is 1.